The maximum Gasteiger partial charge on any atom is -0.0206 e. The predicted octanol–water partition coefficient (Wildman–Crippen LogP) is 3.78. The molecule has 1 aliphatic carbocycles. The van der Waals surface area contributed by atoms with Crippen LogP contribution in [0.2, 0.25) is 0 Å². The fraction of sp³-hybridized carbons (Fsp3) is 0.818. The first-order valence-corrected chi connectivity index (χ1v) is 4.95. The van der Waals surface area contributed by atoms with Crippen molar-refractivity contribution in [1.29, 1.82) is 0 Å². The van der Waals surface area contributed by atoms with E-state index < -0.39 is 0 Å². The second-order valence-corrected chi connectivity index (χ2v) is 3.86. The molecule has 2 unspecified atom stereocenters. The molecule has 1 rings (SSSR count). The lowest BCUT2D eigenvalue weighted by atomic mass is 9.99. The van der Waals surface area contributed by atoms with E-state index in [0.29, 0.717) is 0 Å². The van der Waals surface area contributed by atoms with Crippen molar-refractivity contribution >= 4 is 0 Å². The normalized spacial score (nSPS) is 31.3. The number of hydrogen-bond donors (Lipinski definition) is 0. The van der Waals surface area contributed by atoms with Crippen molar-refractivity contribution in [1.82, 2.24) is 0 Å². The lowest BCUT2D eigenvalue weighted by molar-refractivity contribution is 0.457. The van der Waals surface area contributed by atoms with Crippen molar-refractivity contribution in [3.05, 3.63) is 12.2 Å². The fourth-order valence-electron chi connectivity index (χ4n) is 2.27. The Kier molecular flexibility index (Phi) is 3.16. The SMILES string of the molecule is C=C1CC(CCC)CC1CC. The van der Waals surface area contributed by atoms with Crippen LogP contribution in [0.15, 0.2) is 12.2 Å². The molecule has 0 nitrogen and oxygen atoms in total. The molecule has 1 aliphatic rings. The number of rotatable bonds is 3. The highest BCUT2D eigenvalue weighted by Crippen LogP contribution is 2.38. The second-order valence-electron chi connectivity index (χ2n) is 3.86. The molecule has 0 aromatic carbocycles. The van der Waals surface area contributed by atoms with Crippen LogP contribution in [-0.4, -0.2) is 0 Å². The van der Waals surface area contributed by atoms with Gasteiger partial charge in [0, 0.05) is 0 Å². The third-order valence-corrected chi connectivity index (χ3v) is 2.94. The van der Waals surface area contributed by atoms with Gasteiger partial charge in [-0.15, -0.1) is 0 Å². The molecule has 0 saturated heterocycles. The minimum Gasteiger partial charge on any atom is -0.0996 e. The lowest BCUT2D eigenvalue weighted by Crippen LogP contribution is -1.94. The Labute approximate surface area is 70.7 Å². The van der Waals surface area contributed by atoms with E-state index >= 15 is 0 Å². The third kappa shape index (κ3) is 2.08. The summed E-state index contributed by atoms with van der Waals surface area (Å²) >= 11 is 0. The maximum absolute atomic E-state index is 4.14. The molecule has 0 heteroatoms. The molecule has 0 aromatic rings. The standard InChI is InChI=1S/C11H20/c1-4-6-10-7-9(3)11(5-2)8-10/h10-11H,3-8H2,1-2H3. The molecule has 0 aliphatic heterocycles. The molecule has 0 bridgehead atoms. The van der Waals surface area contributed by atoms with Gasteiger partial charge in [-0.05, 0) is 31.1 Å². The van der Waals surface area contributed by atoms with Gasteiger partial charge in [0.15, 0.2) is 0 Å². The Morgan fingerprint density at radius 3 is 2.64 bits per heavy atom. The van der Waals surface area contributed by atoms with Crippen molar-refractivity contribution in [3.63, 3.8) is 0 Å². The highest BCUT2D eigenvalue weighted by molar-refractivity contribution is 5.07. The molecule has 64 valence electrons. The summed E-state index contributed by atoms with van der Waals surface area (Å²) in [6.45, 7) is 8.70. The van der Waals surface area contributed by atoms with Crippen molar-refractivity contribution in [3.8, 4) is 0 Å². The zero-order valence-corrected chi connectivity index (χ0v) is 7.90. The third-order valence-electron chi connectivity index (χ3n) is 2.94. The molecule has 0 heterocycles. The van der Waals surface area contributed by atoms with Gasteiger partial charge in [-0.2, -0.15) is 0 Å². The number of hydrogen-bond acceptors (Lipinski definition) is 0. The molecule has 0 amide bonds. The Morgan fingerprint density at radius 1 is 1.45 bits per heavy atom. The Morgan fingerprint density at radius 2 is 2.18 bits per heavy atom. The first-order valence-electron chi connectivity index (χ1n) is 4.95. The van der Waals surface area contributed by atoms with E-state index in [1.165, 1.54) is 37.7 Å². The van der Waals surface area contributed by atoms with Gasteiger partial charge in [0.05, 0.1) is 0 Å². The van der Waals surface area contributed by atoms with Crippen molar-refractivity contribution in [2.45, 2.75) is 46.0 Å². The van der Waals surface area contributed by atoms with Gasteiger partial charge in [-0.1, -0.05) is 38.8 Å². The molecule has 0 aromatic heterocycles. The van der Waals surface area contributed by atoms with Crippen LogP contribution >= 0.6 is 0 Å². The molecule has 0 spiro atoms. The molecule has 0 radical (unpaired) electrons. The van der Waals surface area contributed by atoms with Crippen LogP contribution in [0.5, 0.6) is 0 Å². The molecule has 1 fully saturated rings. The molecule has 1 saturated carbocycles. The van der Waals surface area contributed by atoms with E-state index in [1.807, 2.05) is 0 Å². The van der Waals surface area contributed by atoms with Crippen LogP contribution in [0.1, 0.15) is 46.0 Å². The molecule has 0 N–H and O–H groups in total. The van der Waals surface area contributed by atoms with Gasteiger partial charge >= 0.3 is 0 Å². The van der Waals surface area contributed by atoms with Crippen LogP contribution in [0.25, 0.3) is 0 Å². The first kappa shape index (κ1) is 8.83. The maximum atomic E-state index is 4.14. The van der Waals surface area contributed by atoms with Crippen molar-refractivity contribution in [2.75, 3.05) is 0 Å². The summed E-state index contributed by atoms with van der Waals surface area (Å²) in [5, 5.41) is 0. The van der Waals surface area contributed by atoms with Crippen LogP contribution in [-0.2, 0) is 0 Å². The van der Waals surface area contributed by atoms with Gasteiger partial charge in [-0.25, -0.2) is 0 Å². The van der Waals surface area contributed by atoms with E-state index in [-0.39, 0.29) is 0 Å². The summed E-state index contributed by atoms with van der Waals surface area (Å²) in [5.41, 5.74) is 1.52. The first-order chi connectivity index (χ1) is 5.27. The minimum absolute atomic E-state index is 0.853. The monoisotopic (exact) mass is 152 g/mol. The summed E-state index contributed by atoms with van der Waals surface area (Å²) in [6, 6.07) is 0. The van der Waals surface area contributed by atoms with E-state index in [0.717, 1.165) is 11.8 Å². The van der Waals surface area contributed by atoms with E-state index in [2.05, 4.69) is 20.4 Å². The van der Waals surface area contributed by atoms with Crippen LogP contribution in [0.3, 0.4) is 0 Å². The van der Waals surface area contributed by atoms with Crippen LogP contribution in [0, 0.1) is 11.8 Å². The van der Waals surface area contributed by atoms with E-state index in [9.17, 15) is 0 Å². The minimum atomic E-state index is 0.853. The summed E-state index contributed by atoms with van der Waals surface area (Å²) in [6.07, 6.45) is 6.79. The van der Waals surface area contributed by atoms with Gasteiger partial charge < -0.3 is 0 Å². The smallest absolute Gasteiger partial charge is 0.0206 e. The summed E-state index contributed by atoms with van der Waals surface area (Å²) in [5.74, 6) is 1.82. The lowest BCUT2D eigenvalue weighted by Gasteiger charge is -2.07. The quantitative estimate of drug-likeness (QED) is 0.540. The average Bonchev–Trinajstić information content (AvgIpc) is 2.32. The summed E-state index contributed by atoms with van der Waals surface area (Å²) < 4.78 is 0. The molecular weight excluding hydrogens is 132 g/mol. The van der Waals surface area contributed by atoms with Crippen LogP contribution < -0.4 is 0 Å². The van der Waals surface area contributed by atoms with Gasteiger partial charge in [0.25, 0.3) is 0 Å². The topological polar surface area (TPSA) is 0 Å². The molecule has 11 heavy (non-hydrogen) atoms. The summed E-state index contributed by atoms with van der Waals surface area (Å²) in [4.78, 5) is 0. The average molecular weight is 152 g/mol. The Bertz CT molecular complexity index is 135. The number of allylic oxidation sites excluding steroid dienone is 1. The largest absolute Gasteiger partial charge is 0.0996 e. The van der Waals surface area contributed by atoms with Crippen LogP contribution in [0.4, 0.5) is 0 Å². The second kappa shape index (κ2) is 3.94. The van der Waals surface area contributed by atoms with Gasteiger partial charge in [0.1, 0.15) is 0 Å². The van der Waals surface area contributed by atoms with Crippen molar-refractivity contribution in [2.24, 2.45) is 11.8 Å². The van der Waals surface area contributed by atoms with Gasteiger partial charge in [-0.3, -0.25) is 0 Å². The zero-order valence-electron chi connectivity index (χ0n) is 7.90. The fourth-order valence-corrected chi connectivity index (χ4v) is 2.27. The highest BCUT2D eigenvalue weighted by atomic mass is 14.3. The molecule has 2 atom stereocenters. The highest BCUT2D eigenvalue weighted by Gasteiger charge is 2.25. The van der Waals surface area contributed by atoms with Crippen molar-refractivity contribution < 1.29 is 0 Å². The van der Waals surface area contributed by atoms with Gasteiger partial charge in [0.2, 0.25) is 0 Å². The Balaban J connectivity index is 2.36. The predicted molar refractivity (Wildman–Crippen MR) is 50.6 cm³/mol. The van der Waals surface area contributed by atoms with E-state index in [4.69, 9.17) is 0 Å². The summed E-state index contributed by atoms with van der Waals surface area (Å²) in [7, 11) is 0. The Hall–Kier alpha value is -0.260. The molecular formula is C11H20. The van der Waals surface area contributed by atoms with E-state index in [1.54, 1.807) is 0 Å². The zero-order chi connectivity index (χ0) is 8.27.